The highest BCUT2D eigenvalue weighted by atomic mass is 16.5. The molecule has 0 aliphatic carbocycles. The van der Waals surface area contributed by atoms with Gasteiger partial charge in [-0.05, 0) is 43.7 Å². The smallest absolute Gasteiger partial charge is 0.252 e. The van der Waals surface area contributed by atoms with Crippen LogP contribution in [0.4, 0.5) is 0 Å². The van der Waals surface area contributed by atoms with Crippen LogP contribution in [0.25, 0.3) is 5.57 Å². The number of nitrogens with zero attached hydrogens (tertiary/aromatic N) is 3. The van der Waals surface area contributed by atoms with Crippen molar-refractivity contribution in [1.82, 2.24) is 14.7 Å². The van der Waals surface area contributed by atoms with Gasteiger partial charge in [0, 0.05) is 25.9 Å². The summed E-state index contributed by atoms with van der Waals surface area (Å²) in [5, 5.41) is 4.25. The van der Waals surface area contributed by atoms with Gasteiger partial charge in [0.2, 0.25) is 0 Å². The molecule has 0 N–H and O–H groups in total. The lowest BCUT2D eigenvalue weighted by Gasteiger charge is -2.35. The fourth-order valence-electron chi connectivity index (χ4n) is 3.99. The predicted octanol–water partition coefficient (Wildman–Crippen LogP) is 1.75. The first-order chi connectivity index (χ1) is 10.2. The van der Waals surface area contributed by atoms with Crippen molar-refractivity contribution in [2.24, 2.45) is 7.05 Å². The third kappa shape index (κ3) is 2.11. The number of fused-ring (bicyclic) bond motifs is 2. The van der Waals surface area contributed by atoms with Crippen molar-refractivity contribution in [1.29, 1.82) is 0 Å². The molecule has 0 radical (unpaired) electrons. The molecule has 2 saturated heterocycles. The number of ether oxygens (including phenoxy) is 1. The first-order valence-corrected chi connectivity index (χ1v) is 7.87. The molecular weight excluding hydrogens is 266 g/mol. The molecule has 2 bridgehead atoms. The summed E-state index contributed by atoms with van der Waals surface area (Å²) in [5.41, 5.74) is 2.51. The van der Waals surface area contributed by atoms with Gasteiger partial charge in [0.15, 0.2) is 0 Å². The number of carbonyl (C=O) groups is 1. The summed E-state index contributed by atoms with van der Waals surface area (Å²) in [7, 11) is 1.97. The van der Waals surface area contributed by atoms with Crippen LogP contribution in [0.2, 0.25) is 0 Å². The minimum atomic E-state index is -0.195. The third-order valence-electron chi connectivity index (χ3n) is 5.00. The molecule has 5 nitrogen and oxygen atoms in total. The highest BCUT2D eigenvalue weighted by Crippen LogP contribution is 2.39. The van der Waals surface area contributed by atoms with Crippen molar-refractivity contribution in [3.8, 4) is 0 Å². The molecule has 3 atom stereocenters. The standard InChI is InChI=1S/C16H21N3O2/c1-18-14(6-7-17-18)11-9-12-4-5-13(10-11)19(12)16(20)15-3-2-8-21-15/h6-7,9,12-13,15H,2-5,8,10H2,1H3/t12-,13+,15+/m1/s1. The van der Waals surface area contributed by atoms with E-state index in [9.17, 15) is 4.79 Å². The Labute approximate surface area is 124 Å². The third-order valence-corrected chi connectivity index (χ3v) is 5.00. The Balaban J connectivity index is 1.59. The summed E-state index contributed by atoms with van der Waals surface area (Å²) >= 11 is 0. The first-order valence-electron chi connectivity index (χ1n) is 7.87. The Bertz CT molecular complexity index is 586. The molecule has 2 fully saturated rings. The fraction of sp³-hybridized carbons (Fsp3) is 0.625. The molecule has 0 unspecified atom stereocenters. The van der Waals surface area contributed by atoms with Gasteiger partial charge in [-0.15, -0.1) is 0 Å². The molecule has 3 aliphatic rings. The molecule has 1 aromatic heterocycles. The summed E-state index contributed by atoms with van der Waals surface area (Å²) in [4.78, 5) is 14.8. The number of hydrogen-bond acceptors (Lipinski definition) is 3. The van der Waals surface area contributed by atoms with Crippen LogP contribution in [0.15, 0.2) is 18.3 Å². The second-order valence-corrected chi connectivity index (χ2v) is 6.28. The van der Waals surface area contributed by atoms with E-state index >= 15 is 0 Å². The highest BCUT2D eigenvalue weighted by molar-refractivity contribution is 5.84. The Morgan fingerprint density at radius 1 is 1.38 bits per heavy atom. The normalized spacial score (nSPS) is 31.6. The Hall–Kier alpha value is -1.62. The van der Waals surface area contributed by atoms with Gasteiger partial charge < -0.3 is 9.64 Å². The predicted molar refractivity (Wildman–Crippen MR) is 78.4 cm³/mol. The van der Waals surface area contributed by atoms with Crippen LogP contribution in [0.3, 0.4) is 0 Å². The lowest BCUT2D eigenvalue weighted by atomic mass is 9.97. The second-order valence-electron chi connectivity index (χ2n) is 6.28. The number of carbonyl (C=O) groups excluding carboxylic acids is 1. The van der Waals surface area contributed by atoms with Crippen molar-refractivity contribution in [3.05, 3.63) is 24.0 Å². The van der Waals surface area contributed by atoms with Crippen LogP contribution in [0.1, 0.15) is 37.8 Å². The Morgan fingerprint density at radius 2 is 2.29 bits per heavy atom. The second kappa shape index (κ2) is 4.98. The maximum absolute atomic E-state index is 12.7. The van der Waals surface area contributed by atoms with Crippen molar-refractivity contribution < 1.29 is 9.53 Å². The minimum absolute atomic E-state index is 0.195. The maximum Gasteiger partial charge on any atom is 0.252 e. The maximum atomic E-state index is 12.7. The average Bonchev–Trinajstić information content (AvgIpc) is 3.19. The summed E-state index contributed by atoms with van der Waals surface area (Å²) in [6, 6.07) is 2.63. The number of rotatable bonds is 2. The minimum Gasteiger partial charge on any atom is -0.368 e. The zero-order chi connectivity index (χ0) is 14.4. The monoisotopic (exact) mass is 287 g/mol. The molecule has 21 heavy (non-hydrogen) atoms. The zero-order valence-corrected chi connectivity index (χ0v) is 12.4. The van der Waals surface area contributed by atoms with E-state index in [1.54, 1.807) is 0 Å². The molecule has 112 valence electrons. The number of amides is 1. The van der Waals surface area contributed by atoms with E-state index < -0.39 is 0 Å². The number of aryl methyl sites for hydroxylation is 1. The quantitative estimate of drug-likeness (QED) is 0.832. The van der Waals surface area contributed by atoms with Gasteiger partial charge in [0.05, 0.1) is 11.7 Å². The van der Waals surface area contributed by atoms with Crippen LogP contribution < -0.4 is 0 Å². The molecule has 4 rings (SSSR count). The largest absolute Gasteiger partial charge is 0.368 e. The van der Waals surface area contributed by atoms with Crippen LogP contribution in [-0.2, 0) is 16.6 Å². The Morgan fingerprint density at radius 3 is 2.95 bits per heavy atom. The SMILES string of the molecule is Cn1nccc1C1=C[C@H]2CC[C@@H](C1)N2C(=O)[C@@H]1CCCO1. The van der Waals surface area contributed by atoms with Crippen LogP contribution in [0, 0.1) is 0 Å². The molecule has 4 heterocycles. The van der Waals surface area contributed by atoms with Gasteiger partial charge in [-0.25, -0.2) is 0 Å². The van der Waals surface area contributed by atoms with E-state index in [1.807, 2.05) is 17.9 Å². The van der Waals surface area contributed by atoms with Crippen molar-refractivity contribution >= 4 is 11.5 Å². The molecule has 1 amide bonds. The van der Waals surface area contributed by atoms with Gasteiger partial charge in [-0.1, -0.05) is 6.08 Å². The molecular formula is C16H21N3O2. The summed E-state index contributed by atoms with van der Waals surface area (Å²) < 4.78 is 7.50. The van der Waals surface area contributed by atoms with Gasteiger partial charge in [-0.3, -0.25) is 9.48 Å². The molecule has 5 heteroatoms. The zero-order valence-electron chi connectivity index (χ0n) is 12.4. The van der Waals surface area contributed by atoms with E-state index in [4.69, 9.17) is 4.74 Å². The molecule has 0 aromatic carbocycles. The summed E-state index contributed by atoms with van der Waals surface area (Å²) in [6.45, 7) is 0.732. The molecule has 1 aromatic rings. The van der Waals surface area contributed by atoms with Crippen LogP contribution in [-0.4, -0.2) is 45.4 Å². The molecule has 0 saturated carbocycles. The average molecular weight is 287 g/mol. The van der Waals surface area contributed by atoms with Crippen LogP contribution in [0.5, 0.6) is 0 Å². The van der Waals surface area contributed by atoms with Gasteiger partial charge in [0.1, 0.15) is 6.10 Å². The molecule has 0 spiro atoms. The van der Waals surface area contributed by atoms with E-state index in [0.717, 1.165) is 38.7 Å². The summed E-state index contributed by atoms with van der Waals surface area (Å²) in [6.07, 6.45) is 8.91. The van der Waals surface area contributed by atoms with Gasteiger partial charge >= 0.3 is 0 Å². The van der Waals surface area contributed by atoms with E-state index in [-0.39, 0.29) is 18.1 Å². The van der Waals surface area contributed by atoms with Gasteiger partial charge in [-0.2, -0.15) is 5.10 Å². The number of hydrogen-bond donors (Lipinski definition) is 0. The van der Waals surface area contributed by atoms with E-state index in [2.05, 4.69) is 22.1 Å². The fourth-order valence-corrected chi connectivity index (χ4v) is 3.99. The van der Waals surface area contributed by atoms with Crippen molar-refractivity contribution in [2.45, 2.75) is 50.3 Å². The lowest BCUT2D eigenvalue weighted by molar-refractivity contribution is -0.143. The Kier molecular flexibility index (Phi) is 3.10. The molecule has 3 aliphatic heterocycles. The highest BCUT2D eigenvalue weighted by Gasteiger charge is 2.43. The number of aromatic nitrogens is 2. The van der Waals surface area contributed by atoms with E-state index in [0.29, 0.717) is 6.04 Å². The lowest BCUT2D eigenvalue weighted by Crippen LogP contribution is -2.47. The van der Waals surface area contributed by atoms with E-state index in [1.165, 1.54) is 11.3 Å². The van der Waals surface area contributed by atoms with Crippen LogP contribution >= 0.6 is 0 Å². The first kappa shape index (κ1) is 13.1. The summed E-state index contributed by atoms with van der Waals surface area (Å²) in [5.74, 6) is 0.209. The van der Waals surface area contributed by atoms with Gasteiger partial charge in [0.25, 0.3) is 5.91 Å². The topological polar surface area (TPSA) is 47.4 Å². The van der Waals surface area contributed by atoms with Crippen molar-refractivity contribution in [3.63, 3.8) is 0 Å². The van der Waals surface area contributed by atoms with Crippen molar-refractivity contribution in [2.75, 3.05) is 6.61 Å².